The lowest BCUT2D eigenvalue weighted by molar-refractivity contribution is 0.328. The quantitative estimate of drug-likeness (QED) is 0.873. The van der Waals surface area contributed by atoms with Crippen LogP contribution in [0.4, 0.5) is 5.69 Å². The lowest BCUT2D eigenvalue weighted by Crippen LogP contribution is -2.11. The van der Waals surface area contributed by atoms with Gasteiger partial charge in [0, 0.05) is 17.7 Å². The number of rotatable bonds is 3. The summed E-state index contributed by atoms with van der Waals surface area (Å²) in [5.74, 6) is 3.20. The second-order valence-electron chi connectivity index (χ2n) is 5.87. The molecule has 112 valence electrons. The van der Waals surface area contributed by atoms with Crippen molar-refractivity contribution < 1.29 is 9.26 Å². The van der Waals surface area contributed by atoms with Gasteiger partial charge in [-0.15, -0.1) is 0 Å². The van der Waals surface area contributed by atoms with Gasteiger partial charge in [-0.1, -0.05) is 24.9 Å². The summed E-state index contributed by atoms with van der Waals surface area (Å²) in [6, 6.07) is 5.43. The summed E-state index contributed by atoms with van der Waals surface area (Å²) in [4.78, 5) is 4.57. The molecule has 2 aromatic rings. The molecule has 5 heteroatoms. The highest BCUT2D eigenvalue weighted by Crippen LogP contribution is 2.36. The van der Waals surface area contributed by atoms with Gasteiger partial charge in [0.15, 0.2) is 5.82 Å². The minimum Gasteiger partial charge on any atom is -0.496 e. The summed E-state index contributed by atoms with van der Waals surface area (Å²) in [5.41, 5.74) is 7.21. The first-order chi connectivity index (χ1) is 10.2. The van der Waals surface area contributed by atoms with Crippen LogP contribution in [-0.2, 0) is 0 Å². The van der Waals surface area contributed by atoms with Crippen LogP contribution in [0, 0.1) is 5.92 Å². The highest BCUT2D eigenvalue weighted by Gasteiger charge is 2.24. The van der Waals surface area contributed by atoms with Crippen LogP contribution in [0.25, 0.3) is 11.5 Å². The fourth-order valence-electron chi connectivity index (χ4n) is 2.91. The third-order valence-corrected chi connectivity index (χ3v) is 4.28. The first-order valence-corrected chi connectivity index (χ1v) is 7.45. The summed E-state index contributed by atoms with van der Waals surface area (Å²) in [5, 5.41) is 4.17. The van der Waals surface area contributed by atoms with E-state index in [0.717, 1.165) is 30.1 Å². The van der Waals surface area contributed by atoms with Crippen molar-refractivity contribution in [2.24, 2.45) is 5.92 Å². The van der Waals surface area contributed by atoms with Crippen LogP contribution >= 0.6 is 0 Å². The van der Waals surface area contributed by atoms with E-state index in [4.69, 9.17) is 15.0 Å². The maximum atomic E-state index is 5.77. The lowest BCUT2D eigenvalue weighted by atomic mass is 9.83. The molecule has 0 saturated heterocycles. The van der Waals surface area contributed by atoms with Crippen molar-refractivity contribution in [1.29, 1.82) is 0 Å². The smallest absolute Gasteiger partial charge is 0.261 e. The van der Waals surface area contributed by atoms with E-state index in [9.17, 15) is 0 Å². The molecule has 1 fully saturated rings. The Morgan fingerprint density at radius 2 is 2.00 bits per heavy atom. The molecule has 1 aliphatic rings. The predicted molar refractivity (Wildman–Crippen MR) is 81.1 cm³/mol. The number of nitrogen functional groups attached to an aromatic ring is 1. The molecule has 0 bridgehead atoms. The highest BCUT2D eigenvalue weighted by molar-refractivity contribution is 5.66. The van der Waals surface area contributed by atoms with E-state index in [-0.39, 0.29) is 0 Å². The Kier molecular flexibility index (Phi) is 3.82. The minimum atomic E-state index is 0.415. The van der Waals surface area contributed by atoms with Gasteiger partial charge in [-0.3, -0.25) is 0 Å². The predicted octanol–water partition coefficient (Wildman–Crippen LogP) is 3.62. The molecule has 3 rings (SSSR count). The van der Waals surface area contributed by atoms with Crippen LogP contribution in [0.3, 0.4) is 0 Å². The van der Waals surface area contributed by atoms with E-state index in [1.165, 1.54) is 12.8 Å². The number of methoxy groups -OCH3 is 1. The Morgan fingerprint density at radius 3 is 2.71 bits per heavy atom. The molecule has 1 saturated carbocycles. The fourth-order valence-corrected chi connectivity index (χ4v) is 2.91. The third-order valence-electron chi connectivity index (χ3n) is 4.28. The van der Waals surface area contributed by atoms with Crippen molar-refractivity contribution in [3.63, 3.8) is 0 Å². The van der Waals surface area contributed by atoms with Gasteiger partial charge < -0.3 is 15.0 Å². The average molecular weight is 287 g/mol. The van der Waals surface area contributed by atoms with Crippen molar-refractivity contribution in [2.45, 2.75) is 38.5 Å². The van der Waals surface area contributed by atoms with E-state index >= 15 is 0 Å². The number of anilines is 1. The van der Waals surface area contributed by atoms with E-state index in [1.54, 1.807) is 13.2 Å². The molecule has 2 N–H and O–H groups in total. The monoisotopic (exact) mass is 287 g/mol. The maximum absolute atomic E-state index is 5.77. The van der Waals surface area contributed by atoms with Gasteiger partial charge in [0.05, 0.1) is 12.7 Å². The zero-order valence-electron chi connectivity index (χ0n) is 12.5. The third kappa shape index (κ3) is 2.86. The van der Waals surface area contributed by atoms with Crippen LogP contribution in [0.2, 0.25) is 0 Å². The molecular weight excluding hydrogens is 266 g/mol. The van der Waals surface area contributed by atoms with Crippen LogP contribution in [0.5, 0.6) is 5.75 Å². The standard InChI is InChI=1S/C16H21N3O2/c1-10-3-5-11(6-4-10)15-18-16(21-19-15)13-8-7-12(17)9-14(13)20-2/h7-11H,3-6,17H2,1-2H3. The topological polar surface area (TPSA) is 74.2 Å². The Hall–Kier alpha value is -2.04. The first kappa shape index (κ1) is 13.9. The molecule has 1 heterocycles. The molecule has 0 spiro atoms. The SMILES string of the molecule is COc1cc(N)ccc1-c1nc(C2CCC(C)CC2)no1. The normalized spacial score (nSPS) is 22.2. The van der Waals surface area contributed by atoms with Crippen LogP contribution in [-0.4, -0.2) is 17.3 Å². The Bertz CT molecular complexity index is 616. The summed E-state index contributed by atoms with van der Waals surface area (Å²) in [7, 11) is 1.61. The number of hydrogen-bond donors (Lipinski definition) is 1. The Morgan fingerprint density at radius 1 is 1.24 bits per heavy atom. The van der Waals surface area contributed by atoms with Crippen molar-refractivity contribution >= 4 is 5.69 Å². The van der Waals surface area contributed by atoms with Crippen LogP contribution < -0.4 is 10.5 Å². The Balaban J connectivity index is 1.85. The second kappa shape index (κ2) is 5.76. The van der Waals surface area contributed by atoms with Gasteiger partial charge in [-0.05, 0) is 30.9 Å². The molecule has 21 heavy (non-hydrogen) atoms. The van der Waals surface area contributed by atoms with Crippen LogP contribution in [0.1, 0.15) is 44.3 Å². The summed E-state index contributed by atoms with van der Waals surface area (Å²) in [6.07, 6.45) is 4.75. The van der Waals surface area contributed by atoms with Gasteiger partial charge in [0.2, 0.25) is 0 Å². The molecule has 1 aromatic carbocycles. The molecule has 0 amide bonds. The van der Waals surface area contributed by atoms with Gasteiger partial charge in [0.1, 0.15) is 5.75 Å². The van der Waals surface area contributed by atoms with E-state index < -0.39 is 0 Å². The van der Waals surface area contributed by atoms with E-state index in [1.807, 2.05) is 12.1 Å². The zero-order chi connectivity index (χ0) is 14.8. The van der Waals surface area contributed by atoms with Gasteiger partial charge >= 0.3 is 0 Å². The van der Waals surface area contributed by atoms with Crippen molar-refractivity contribution in [3.05, 3.63) is 24.0 Å². The molecule has 5 nitrogen and oxygen atoms in total. The maximum Gasteiger partial charge on any atom is 0.261 e. The molecule has 0 aliphatic heterocycles. The number of ether oxygens (including phenoxy) is 1. The largest absolute Gasteiger partial charge is 0.496 e. The van der Waals surface area contributed by atoms with Crippen LogP contribution in [0.15, 0.2) is 22.7 Å². The van der Waals surface area contributed by atoms with Crippen molar-refractivity contribution in [3.8, 4) is 17.2 Å². The number of nitrogens with two attached hydrogens (primary N) is 1. The van der Waals surface area contributed by atoms with Gasteiger partial charge in [-0.25, -0.2) is 0 Å². The Labute approximate surface area is 124 Å². The number of nitrogens with zero attached hydrogens (tertiary/aromatic N) is 2. The number of benzene rings is 1. The summed E-state index contributed by atoms with van der Waals surface area (Å²) < 4.78 is 10.8. The minimum absolute atomic E-state index is 0.415. The second-order valence-corrected chi connectivity index (χ2v) is 5.87. The molecule has 0 radical (unpaired) electrons. The molecule has 1 aromatic heterocycles. The number of hydrogen-bond acceptors (Lipinski definition) is 5. The lowest BCUT2D eigenvalue weighted by Gasteiger charge is -2.23. The zero-order valence-corrected chi connectivity index (χ0v) is 12.5. The van der Waals surface area contributed by atoms with Crippen molar-refractivity contribution in [1.82, 2.24) is 10.1 Å². The first-order valence-electron chi connectivity index (χ1n) is 7.45. The highest BCUT2D eigenvalue weighted by atomic mass is 16.5. The molecule has 1 aliphatic carbocycles. The van der Waals surface area contributed by atoms with E-state index in [0.29, 0.717) is 23.2 Å². The van der Waals surface area contributed by atoms with Gasteiger partial charge in [0.25, 0.3) is 5.89 Å². The fraction of sp³-hybridized carbons (Fsp3) is 0.500. The summed E-state index contributed by atoms with van der Waals surface area (Å²) in [6.45, 7) is 2.30. The molecule has 0 atom stereocenters. The number of aromatic nitrogens is 2. The average Bonchev–Trinajstić information content (AvgIpc) is 2.97. The summed E-state index contributed by atoms with van der Waals surface area (Å²) >= 11 is 0. The van der Waals surface area contributed by atoms with Gasteiger partial charge in [-0.2, -0.15) is 4.98 Å². The van der Waals surface area contributed by atoms with E-state index in [2.05, 4.69) is 17.1 Å². The molecule has 0 unspecified atom stereocenters. The van der Waals surface area contributed by atoms with Crippen molar-refractivity contribution in [2.75, 3.05) is 12.8 Å². The molecular formula is C16H21N3O2.